The van der Waals surface area contributed by atoms with Crippen molar-refractivity contribution in [3.8, 4) is 0 Å². The SMILES string of the molecule is O=C(O)N1CCN(Cc2cc(N3CCCC3)ccn2)CC1. The monoisotopic (exact) mass is 290 g/mol. The minimum absolute atomic E-state index is 0.584. The van der Waals surface area contributed by atoms with Gasteiger partial charge < -0.3 is 14.9 Å². The number of anilines is 1. The predicted molar refractivity (Wildman–Crippen MR) is 80.6 cm³/mol. The molecule has 1 aromatic heterocycles. The Kier molecular flexibility index (Phi) is 4.24. The number of pyridine rings is 1. The van der Waals surface area contributed by atoms with Gasteiger partial charge in [-0.3, -0.25) is 9.88 Å². The van der Waals surface area contributed by atoms with Gasteiger partial charge in [0.15, 0.2) is 0 Å². The topological polar surface area (TPSA) is 59.9 Å². The average molecular weight is 290 g/mol. The summed E-state index contributed by atoms with van der Waals surface area (Å²) in [6.45, 7) is 5.81. The molecular formula is C15H22N4O2. The summed E-state index contributed by atoms with van der Waals surface area (Å²) in [6.07, 6.45) is 3.61. The van der Waals surface area contributed by atoms with Gasteiger partial charge in [-0.1, -0.05) is 0 Å². The molecule has 0 saturated carbocycles. The predicted octanol–water partition coefficient (Wildman–Crippen LogP) is 1.48. The van der Waals surface area contributed by atoms with Crippen LogP contribution in [-0.2, 0) is 6.54 Å². The molecule has 114 valence electrons. The van der Waals surface area contributed by atoms with Crippen LogP contribution in [0.5, 0.6) is 0 Å². The first-order valence-electron chi connectivity index (χ1n) is 7.62. The van der Waals surface area contributed by atoms with Crippen LogP contribution in [0, 0.1) is 0 Å². The molecule has 0 spiro atoms. The molecule has 0 aromatic carbocycles. The van der Waals surface area contributed by atoms with E-state index in [-0.39, 0.29) is 0 Å². The zero-order valence-corrected chi connectivity index (χ0v) is 12.2. The number of piperazine rings is 1. The third-order valence-corrected chi connectivity index (χ3v) is 4.30. The Morgan fingerprint density at radius 3 is 2.52 bits per heavy atom. The first-order valence-corrected chi connectivity index (χ1v) is 7.62. The second kappa shape index (κ2) is 6.30. The number of amides is 1. The summed E-state index contributed by atoms with van der Waals surface area (Å²) in [5.41, 5.74) is 2.34. The van der Waals surface area contributed by atoms with Crippen LogP contribution in [0.3, 0.4) is 0 Å². The second-order valence-corrected chi connectivity index (χ2v) is 5.75. The van der Waals surface area contributed by atoms with E-state index >= 15 is 0 Å². The lowest BCUT2D eigenvalue weighted by atomic mass is 10.2. The molecule has 0 aliphatic carbocycles. The lowest BCUT2D eigenvalue weighted by molar-refractivity contribution is 0.102. The van der Waals surface area contributed by atoms with Gasteiger partial charge in [-0.15, -0.1) is 0 Å². The van der Waals surface area contributed by atoms with E-state index in [9.17, 15) is 4.79 Å². The smallest absolute Gasteiger partial charge is 0.407 e. The maximum atomic E-state index is 10.9. The van der Waals surface area contributed by atoms with Gasteiger partial charge in [-0.2, -0.15) is 0 Å². The van der Waals surface area contributed by atoms with Crippen LogP contribution in [0.2, 0.25) is 0 Å². The third kappa shape index (κ3) is 3.44. The molecule has 0 atom stereocenters. The van der Waals surface area contributed by atoms with Crippen LogP contribution in [0.25, 0.3) is 0 Å². The molecule has 1 aromatic rings. The Balaban J connectivity index is 1.58. The van der Waals surface area contributed by atoms with Crippen molar-refractivity contribution >= 4 is 11.8 Å². The van der Waals surface area contributed by atoms with Gasteiger partial charge in [0.2, 0.25) is 0 Å². The number of hydrogen-bond donors (Lipinski definition) is 1. The quantitative estimate of drug-likeness (QED) is 0.913. The Morgan fingerprint density at radius 1 is 1.14 bits per heavy atom. The number of hydrogen-bond acceptors (Lipinski definition) is 4. The Hall–Kier alpha value is -1.82. The largest absolute Gasteiger partial charge is 0.465 e. The number of nitrogens with zero attached hydrogens (tertiary/aromatic N) is 4. The van der Waals surface area contributed by atoms with Crippen LogP contribution < -0.4 is 4.90 Å². The summed E-state index contributed by atoms with van der Waals surface area (Å²) in [5, 5.41) is 8.96. The van der Waals surface area contributed by atoms with E-state index < -0.39 is 6.09 Å². The van der Waals surface area contributed by atoms with Crippen molar-refractivity contribution in [1.82, 2.24) is 14.8 Å². The number of carbonyl (C=O) groups is 1. The van der Waals surface area contributed by atoms with E-state index in [0.29, 0.717) is 13.1 Å². The number of aromatic nitrogens is 1. The molecule has 21 heavy (non-hydrogen) atoms. The molecule has 3 rings (SSSR count). The molecular weight excluding hydrogens is 268 g/mol. The van der Waals surface area contributed by atoms with E-state index in [1.807, 2.05) is 6.20 Å². The minimum atomic E-state index is -0.816. The molecule has 6 heteroatoms. The van der Waals surface area contributed by atoms with E-state index in [0.717, 1.165) is 38.4 Å². The fourth-order valence-electron chi connectivity index (χ4n) is 3.05. The summed E-state index contributed by atoms with van der Waals surface area (Å²) in [7, 11) is 0. The Bertz CT molecular complexity index is 494. The van der Waals surface area contributed by atoms with Crippen molar-refractivity contribution in [2.45, 2.75) is 19.4 Å². The van der Waals surface area contributed by atoms with E-state index in [2.05, 4.69) is 26.9 Å². The van der Waals surface area contributed by atoms with Crippen LogP contribution >= 0.6 is 0 Å². The van der Waals surface area contributed by atoms with Crippen molar-refractivity contribution in [1.29, 1.82) is 0 Å². The molecule has 2 aliphatic rings. The van der Waals surface area contributed by atoms with E-state index in [1.54, 1.807) is 0 Å². The minimum Gasteiger partial charge on any atom is -0.465 e. The molecule has 1 amide bonds. The van der Waals surface area contributed by atoms with Crippen molar-refractivity contribution < 1.29 is 9.90 Å². The molecule has 1 N–H and O–H groups in total. The van der Waals surface area contributed by atoms with Crippen LogP contribution in [0.15, 0.2) is 18.3 Å². The van der Waals surface area contributed by atoms with Crippen molar-refractivity contribution in [3.63, 3.8) is 0 Å². The van der Waals surface area contributed by atoms with Gasteiger partial charge in [0.05, 0.1) is 5.69 Å². The van der Waals surface area contributed by atoms with Gasteiger partial charge in [-0.25, -0.2) is 4.79 Å². The van der Waals surface area contributed by atoms with Gasteiger partial charge >= 0.3 is 6.09 Å². The number of rotatable bonds is 3. The highest BCUT2D eigenvalue weighted by molar-refractivity contribution is 5.65. The first-order chi connectivity index (χ1) is 10.2. The zero-order chi connectivity index (χ0) is 14.7. The molecule has 2 fully saturated rings. The molecule has 0 bridgehead atoms. The van der Waals surface area contributed by atoms with E-state index in [1.165, 1.54) is 23.4 Å². The lowest BCUT2D eigenvalue weighted by Crippen LogP contribution is -2.47. The molecule has 3 heterocycles. The molecule has 2 saturated heterocycles. The van der Waals surface area contributed by atoms with Crippen molar-refractivity contribution in [2.75, 3.05) is 44.2 Å². The molecule has 6 nitrogen and oxygen atoms in total. The Labute approximate surface area is 125 Å². The normalized spacial score (nSPS) is 20.0. The third-order valence-electron chi connectivity index (χ3n) is 4.30. The maximum Gasteiger partial charge on any atom is 0.407 e. The summed E-state index contributed by atoms with van der Waals surface area (Å²) in [6, 6.07) is 4.26. The highest BCUT2D eigenvalue weighted by atomic mass is 16.4. The first kappa shape index (κ1) is 14.1. The second-order valence-electron chi connectivity index (χ2n) is 5.75. The average Bonchev–Trinajstić information content (AvgIpc) is 3.02. The molecule has 0 unspecified atom stereocenters. The van der Waals surface area contributed by atoms with Crippen LogP contribution in [-0.4, -0.2) is 65.3 Å². The summed E-state index contributed by atoms with van der Waals surface area (Å²) in [5.74, 6) is 0. The van der Waals surface area contributed by atoms with Gasteiger partial charge in [0.1, 0.15) is 0 Å². The number of carboxylic acid groups (broad SMARTS) is 1. The fraction of sp³-hybridized carbons (Fsp3) is 0.600. The van der Waals surface area contributed by atoms with Gasteiger partial charge in [0, 0.05) is 57.7 Å². The highest BCUT2D eigenvalue weighted by Gasteiger charge is 2.21. The standard InChI is InChI=1S/C15H22N4O2/c20-15(21)19-9-7-17(8-10-19)12-13-11-14(3-4-16-13)18-5-1-2-6-18/h3-4,11H,1-2,5-10,12H2,(H,20,21). The lowest BCUT2D eigenvalue weighted by Gasteiger charge is -2.32. The Morgan fingerprint density at radius 2 is 1.86 bits per heavy atom. The van der Waals surface area contributed by atoms with E-state index in [4.69, 9.17) is 5.11 Å². The fourth-order valence-corrected chi connectivity index (χ4v) is 3.05. The molecule has 2 aliphatic heterocycles. The summed E-state index contributed by atoms with van der Waals surface area (Å²) >= 11 is 0. The maximum absolute atomic E-state index is 10.9. The van der Waals surface area contributed by atoms with Crippen molar-refractivity contribution in [3.05, 3.63) is 24.0 Å². The highest BCUT2D eigenvalue weighted by Crippen LogP contribution is 2.20. The van der Waals surface area contributed by atoms with Gasteiger partial charge in [0.25, 0.3) is 0 Å². The van der Waals surface area contributed by atoms with Gasteiger partial charge in [-0.05, 0) is 25.0 Å². The molecule has 0 radical (unpaired) electrons. The van der Waals surface area contributed by atoms with Crippen molar-refractivity contribution in [2.24, 2.45) is 0 Å². The summed E-state index contributed by atoms with van der Waals surface area (Å²) < 4.78 is 0. The van der Waals surface area contributed by atoms with Crippen LogP contribution in [0.4, 0.5) is 10.5 Å². The zero-order valence-electron chi connectivity index (χ0n) is 12.2. The summed E-state index contributed by atoms with van der Waals surface area (Å²) in [4.78, 5) is 21.5. The van der Waals surface area contributed by atoms with Crippen LogP contribution in [0.1, 0.15) is 18.5 Å².